The van der Waals surface area contributed by atoms with Gasteiger partial charge in [0.25, 0.3) is 0 Å². The Labute approximate surface area is 102 Å². The lowest BCUT2D eigenvalue weighted by Crippen LogP contribution is -2.48. The van der Waals surface area contributed by atoms with E-state index in [1.165, 1.54) is 0 Å². The van der Waals surface area contributed by atoms with Crippen molar-refractivity contribution in [3.8, 4) is 0 Å². The van der Waals surface area contributed by atoms with E-state index in [1.807, 2.05) is 24.3 Å². The zero-order chi connectivity index (χ0) is 12.5. The number of hydrogen-bond donors (Lipinski definition) is 0. The van der Waals surface area contributed by atoms with E-state index in [1.54, 1.807) is 6.92 Å². The molecule has 0 atom stereocenters. The van der Waals surface area contributed by atoms with Crippen LogP contribution in [0, 0.1) is 5.41 Å². The lowest BCUT2D eigenvalue weighted by atomic mass is 9.73. The molecule has 1 fully saturated rings. The maximum atomic E-state index is 11.5. The summed E-state index contributed by atoms with van der Waals surface area (Å²) in [4.78, 5) is 11.5. The van der Waals surface area contributed by atoms with E-state index in [4.69, 9.17) is 9.31 Å². The second kappa shape index (κ2) is 4.63. The molecule has 0 unspecified atom stereocenters. The van der Waals surface area contributed by atoms with Gasteiger partial charge in [0.2, 0.25) is 0 Å². The minimum atomic E-state index is -0.414. The topological polar surface area (TPSA) is 35.5 Å². The van der Waals surface area contributed by atoms with E-state index < -0.39 is 7.12 Å². The summed E-state index contributed by atoms with van der Waals surface area (Å²) in [6.07, 6.45) is 0. The number of carbonyl (C=O) groups is 1. The third kappa shape index (κ3) is 2.76. The highest BCUT2D eigenvalue weighted by Gasteiger charge is 2.34. The van der Waals surface area contributed by atoms with Crippen molar-refractivity contribution < 1.29 is 14.1 Å². The van der Waals surface area contributed by atoms with Gasteiger partial charge in [-0.05, 0) is 12.4 Å². The highest BCUT2D eigenvalue weighted by atomic mass is 16.6. The Morgan fingerprint density at radius 1 is 1.24 bits per heavy atom. The molecule has 0 N–H and O–H groups in total. The van der Waals surface area contributed by atoms with Crippen LogP contribution >= 0.6 is 0 Å². The Balaban J connectivity index is 2.21. The lowest BCUT2D eigenvalue weighted by Gasteiger charge is -2.33. The zero-order valence-electron chi connectivity index (χ0n) is 10.5. The van der Waals surface area contributed by atoms with Crippen LogP contribution in [-0.4, -0.2) is 26.1 Å². The first kappa shape index (κ1) is 12.3. The predicted octanol–water partition coefficient (Wildman–Crippen LogP) is 1.66. The van der Waals surface area contributed by atoms with Crippen LogP contribution in [0.15, 0.2) is 24.3 Å². The molecule has 0 amide bonds. The van der Waals surface area contributed by atoms with Crippen LogP contribution in [0.4, 0.5) is 0 Å². The molecule has 1 saturated heterocycles. The third-order valence-electron chi connectivity index (χ3n) is 2.84. The molecule has 0 aliphatic carbocycles. The molecule has 1 aromatic carbocycles. The van der Waals surface area contributed by atoms with Gasteiger partial charge < -0.3 is 9.31 Å². The number of ketones is 1. The Hall–Kier alpha value is -1.13. The summed E-state index contributed by atoms with van der Waals surface area (Å²) in [6.45, 7) is 7.04. The molecule has 0 spiro atoms. The molecule has 1 aliphatic rings. The average molecular weight is 232 g/mol. The molecule has 1 heterocycles. The van der Waals surface area contributed by atoms with Crippen molar-refractivity contribution in [2.75, 3.05) is 13.2 Å². The predicted molar refractivity (Wildman–Crippen MR) is 67.5 cm³/mol. The van der Waals surface area contributed by atoms with Crippen molar-refractivity contribution in [2.45, 2.75) is 20.8 Å². The number of rotatable bonds is 2. The Morgan fingerprint density at radius 3 is 2.41 bits per heavy atom. The number of hydrogen-bond acceptors (Lipinski definition) is 3. The molecular weight excluding hydrogens is 215 g/mol. The van der Waals surface area contributed by atoms with E-state index in [2.05, 4.69) is 13.8 Å². The largest absolute Gasteiger partial charge is 0.494 e. The van der Waals surface area contributed by atoms with E-state index in [0.29, 0.717) is 18.8 Å². The van der Waals surface area contributed by atoms with Gasteiger partial charge in [0.05, 0.1) is 0 Å². The van der Waals surface area contributed by atoms with E-state index >= 15 is 0 Å². The first-order valence-electron chi connectivity index (χ1n) is 5.83. The molecular formula is C13H17BO3. The smallest absolute Gasteiger partial charge is 0.407 e. The van der Waals surface area contributed by atoms with Crippen molar-refractivity contribution in [3.05, 3.63) is 29.8 Å². The van der Waals surface area contributed by atoms with E-state index in [0.717, 1.165) is 5.46 Å². The van der Waals surface area contributed by atoms with Gasteiger partial charge in [-0.3, -0.25) is 4.79 Å². The maximum absolute atomic E-state index is 11.5. The van der Waals surface area contributed by atoms with Crippen molar-refractivity contribution in [3.63, 3.8) is 0 Å². The fourth-order valence-corrected chi connectivity index (χ4v) is 1.90. The van der Waals surface area contributed by atoms with Gasteiger partial charge in [0, 0.05) is 24.2 Å². The van der Waals surface area contributed by atoms with Gasteiger partial charge in [0.15, 0.2) is 5.78 Å². The van der Waals surface area contributed by atoms with Crippen LogP contribution in [0.2, 0.25) is 0 Å². The standard InChI is InChI=1S/C13H17BO3/c1-10(15)11-6-4-5-7-12(11)14-16-8-13(2,3)9-17-14/h4-7H,8-9H2,1-3H3. The third-order valence-corrected chi connectivity index (χ3v) is 2.84. The molecule has 1 aromatic rings. The molecule has 0 aromatic heterocycles. The molecule has 0 saturated carbocycles. The van der Waals surface area contributed by atoms with Gasteiger partial charge >= 0.3 is 7.12 Å². The molecule has 0 bridgehead atoms. The van der Waals surface area contributed by atoms with Crippen LogP contribution in [0.25, 0.3) is 0 Å². The quantitative estimate of drug-likeness (QED) is 0.574. The molecule has 90 valence electrons. The second-order valence-electron chi connectivity index (χ2n) is 5.26. The summed E-state index contributed by atoms with van der Waals surface area (Å²) in [6, 6.07) is 7.45. The maximum Gasteiger partial charge on any atom is 0.494 e. The molecule has 17 heavy (non-hydrogen) atoms. The Bertz CT molecular complexity index is 418. The lowest BCUT2D eigenvalue weighted by molar-refractivity contribution is 0.0342. The fourth-order valence-electron chi connectivity index (χ4n) is 1.90. The van der Waals surface area contributed by atoms with E-state index in [9.17, 15) is 4.79 Å². The fraction of sp³-hybridized carbons (Fsp3) is 0.462. The molecule has 3 nitrogen and oxygen atoms in total. The van der Waals surface area contributed by atoms with Crippen molar-refractivity contribution >= 4 is 18.4 Å². The minimum Gasteiger partial charge on any atom is -0.407 e. The Kier molecular flexibility index (Phi) is 3.36. The number of carbonyl (C=O) groups excluding carboxylic acids is 1. The summed E-state index contributed by atoms with van der Waals surface area (Å²) < 4.78 is 11.4. The van der Waals surface area contributed by atoms with E-state index in [-0.39, 0.29) is 11.2 Å². The Morgan fingerprint density at radius 2 is 1.82 bits per heavy atom. The summed E-state index contributed by atoms with van der Waals surface area (Å²) in [5.74, 6) is 0.0395. The summed E-state index contributed by atoms with van der Waals surface area (Å²) in [5.41, 5.74) is 1.55. The summed E-state index contributed by atoms with van der Waals surface area (Å²) in [5, 5.41) is 0. The van der Waals surface area contributed by atoms with Crippen LogP contribution in [-0.2, 0) is 9.31 Å². The first-order chi connectivity index (χ1) is 7.99. The van der Waals surface area contributed by atoms with Gasteiger partial charge in [-0.1, -0.05) is 38.1 Å². The van der Waals surface area contributed by atoms with Gasteiger partial charge in [-0.15, -0.1) is 0 Å². The highest BCUT2D eigenvalue weighted by molar-refractivity contribution is 6.63. The minimum absolute atomic E-state index is 0.0395. The van der Waals surface area contributed by atoms with Crippen molar-refractivity contribution in [1.29, 1.82) is 0 Å². The summed E-state index contributed by atoms with van der Waals surface area (Å²) in [7, 11) is -0.414. The van der Waals surface area contributed by atoms with Crippen LogP contribution in [0.5, 0.6) is 0 Å². The highest BCUT2D eigenvalue weighted by Crippen LogP contribution is 2.21. The number of Topliss-reactive ketones (excluding diaryl/α,β-unsaturated/α-hetero) is 1. The van der Waals surface area contributed by atoms with Crippen molar-refractivity contribution in [1.82, 2.24) is 0 Å². The molecule has 0 radical (unpaired) electrons. The van der Waals surface area contributed by atoms with Crippen LogP contribution in [0.1, 0.15) is 31.1 Å². The number of benzene rings is 1. The SMILES string of the molecule is CC(=O)c1ccccc1B1OCC(C)(C)CO1. The summed E-state index contributed by atoms with van der Waals surface area (Å²) >= 11 is 0. The zero-order valence-corrected chi connectivity index (χ0v) is 10.5. The monoisotopic (exact) mass is 232 g/mol. The molecule has 2 rings (SSSR count). The molecule has 1 aliphatic heterocycles. The second-order valence-corrected chi connectivity index (χ2v) is 5.26. The van der Waals surface area contributed by atoms with Crippen LogP contribution < -0.4 is 5.46 Å². The molecule has 4 heteroatoms. The first-order valence-corrected chi connectivity index (χ1v) is 5.83. The van der Waals surface area contributed by atoms with Gasteiger partial charge in [0.1, 0.15) is 0 Å². The van der Waals surface area contributed by atoms with Crippen molar-refractivity contribution in [2.24, 2.45) is 5.41 Å². The average Bonchev–Trinajstić information content (AvgIpc) is 2.29. The van der Waals surface area contributed by atoms with Gasteiger partial charge in [-0.25, -0.2) is 0 Å². The van der Waals surface area contributed by atoms with Crippen LogP contribution in [0.3, 0.4) is 0 Å². The van der Waals surface area contributed by atoms with Gasteiger partial charge in [-0.2, -0.15) is 0 Å². The normalized spacial score (nSPS) is 19.1.